The zero-order valence-corrected chi connectivity index (χ0v) is 10.5. The maximum absolute atomic E-state index is 5.12. The van der Waals surface area contributed by atoms with Crippen molar-refractivity contribution in [3.8, 4) is 0 Å². The molecule has 0 aromatic heterocycles. The molecule has 0 unspecified atom stereocenters. The summed E-state index contributed by atoms with van der Waals surface area (Å²) in [7, 11) is 0. The van der Waals surface area contributed by atoms with Gasteiger partial charge in [-0.3, -0.25) is 9.41 Å². The van der Waals surface area contributed by atoms with Crippen LogP contribution in [0.3, 0.4) is 0 Å². The Bertz CT molecular complexity index is 169. The van der Waals surface area contributed by atoms with Gasteiger partial charge in [-0.15, -0.1) is 0 Å². The van der Waals surface area contributed by atoms with E-state index in [-0.39, 0.29) is 9.41 Å². The second kappa shape index (κ2) is 7.78. The van der Waals surface area contributed by atoms with Gasteiger partial charge in [0, 0.05) is 0 Å². The third-order valence-corrected chi connectivity index (χ3v) is 1.76. The number of halogens is 2. The van der Waals surface area contributed by atoms with Crippen molar-refractivity contribution in [2.75, 3.05) is 0 Å². The molecule has 0 N–H and O–H groups in total. The molecule has 0 saturated carbocycles. The summed E-state index contributed by atoms with van der Waals surface area (Å²) in [6.07, 6.45) is 0. The quantitative estimate of drug-likeness (QED) is 0.675. The first-order valence-electron chi connectivity index (χ1n) is 2.96. The molecule has 1 aromatic rings. The van der Waals surface area contributed by atoms with E-state index in [4.69, 9.17) is 3.53 Å². The Morgan fingerprint density at radius 3 is 2.09 bits per heavy atom. The Hall–Kier alpha value is -0.324. The number of hydrogen-bond acceptors (Lipinski definition) is 1. The van der Waals surface area contributed by atoms with E-state index in [0.29, 0.717) is 19.0 Å². The molecule has 1 nitrogen and oxygen atoms in total. The third-order valence-electron chi connectivity index (χ3n) is 1.15. The molecule has 0 heterocycles. The molecule has 0 saturated heterocycles. The van der Waals surface area contributed by atoms with Crippen LogP contribution in [0.1, 0.15) is 5.56 Å². The average Bonchev–Trinajstić information content (AvgIpc) is 1.91. The van der Waals surface area contributed by atoms with Crippen LogP contribution >= 0.6 is 0 Å². The van der Waals surface area contributed by atoms with Crippen LogP contribution in [0.25, 0.3) is 0 Å². The van der Waals surface area contributed by atoms with Gasteiger partial charge in [0.05, 0.1) is 0 Å². The molecule has 11 heavy (non-hydrogen) atoms. The van der Waals surface area contributed by atoms with Gasteiger partial charge in [0.15, 0.2) is 0 Å². The van der Waals surface area contributed by atoms with Crippen LogP contribution in [-0.4, -0.2) is 19.0 Å². The number of rotatable bonds is 2. The first-order valence-corrected chi connectivity index (χ1v) is 4.67. The van der Waals surface area contributed by atoms with Gasteiger partial charge >= 0.3 is 65.0 Å². The van der Waals surface area contributed by atoms with E-state index in [2.05, 4.69) is 12.1 Å². The van der Waals surface area contributed by atoms with Crippen LogP contribution in [0.4, 0.5) is 9.41 Å². The molecule has 0 aliphatic carbocycles. The van der Waals surface area contributed by atoms with Crippen molar-refractivity contribution in [3.05, 3.63) is 35.9 Å². The Kier molecular flexibility index (Phi) is 9.39. The van der Waals surface area contributed by atoms with Crippen molar-refractivity contribution in [2.24, 2.45) is 0 Å². The molecule has 0 aliphatic heterocycles. The van der Waals surface area contributed by atoms with Crippen LogP contribution in [0.15, 0.2) is 30.3 Å². The minimum absolute atomic E-state index is 0. The van der Waals surface area contributed by atoms with Crippen LogP contribution in [0.5, 0.6) is 0 Å². The van der Waals surface area contributed by atoms with E-state index < -0.39 is 0 Å². The van der Waals surface area contributed by atoms with Gasteiger partial charge in [0.25, 0.3) is 0 Å². The van der Waals surface area contributed by atoms with Crippen molar-refractivity contribution in [1.29, 1.82) is 0 Å². The normalized spacial score (nSPS) is 7.64. The van der Waals surface area contributed by atoms with Gasteiger partial charge in [-0.1, -0.05) is 0 Å². The van der Waals surface area contributed by atoms with E-state index in [0.717, 1.165) is 6.61 Å². The van der Waals surface area contributed by atoms with E-state index in [1.807, 2.05) is 18.2 Å². The predicted octanol–water partition coefficient (Wildman–Crippen LogP) is 1.06. The first-order chi connectivity index (χ1) is 4.43. The average molecular weight is 219 g/mol. The Morgan fingerprint density at radius 1 is 1.09 bits per heavy atom. The molecule has 0 spiro atoms. The molecule has 4 heteroatoms. The fourth-order valence-corrected chi connectivity index (χ4v) is 1.44. The van der Waals surface area contributed by atoms with E-state index in [1.165, 1.54) is 5.56 Å². The zero-order valence-electron chi connectivity index (χ0n) is 6.32. The summed E-state index contributed by atoms with van der Waals surface area (Å²) in [6.45, 7) is 0.792. The molecular weight excluding hydrogens is 208 g/mol. The summed E-state index contributed by atoms with van der Waals surface area (Å²) < 4.78 is 5.12. The van der Waals surface area contributed by atoms with Crippen molar-refractivity contribution in [3.63, 3.8) is 0 Å². The molecule has 0 atom stereocenters. The summed E-state index contributed by atoms with van der Waals surface area (Å²) in [5.74, 6) is 0. The fourth-order valence-electron chi connectivity index (χ4n) is 0.741. The van der Waals surface area contributed by atoms with Gasteiger partial charge in [-0.25, -0.2) is 0 Å². The summed E-state index contributed by atoms with van der Waals surface area (Å²) in [4.78, 5) is 0. The Balaban J connectivity index is 0. The molecule has 0 amide bonds. The van der Waals surface area contributed by atoms with Gasteiger partial charge in [-0.2, -0.15) is 0 Å². The summed E-state index contributed by atoms with van der Waals surface area (Å²) in [6, 6.07) is 10.2. The predicted molar refractivity (Wildman–Crippen MR) is 44.8 cm³/mol. The fraction of sp³-hybridized carbons (Fsp3) is 0.143. The number of benzene rings is 1. The van der Waals surface area contributed by atoms with Crippen LogP contribution < -0.4 is 0 Å². The summed E-state index contributed by atoms with van der Waals surface area (Å²) in [5.41, 5.74) is 1.27. The van der Waals surface area contributed by atoms with Gasteiger partial charge < -0.3 is 0 Å². The van der Waals surface area contributed by atoms with Crippen LogP contribution in [0, 0.1) is 0 Å². The second-order valence-electron chi connectivity index (χ2n) is 1.92. The van der Waals surface area contributed by atoms with Crippen molar-refractivity contribution < 1.29 is 12.9 Å². The molecular formula is C7H11F2GaO. The molecule has 0 bridgehead atoms. The topological polar surface area (TPSA) is 9.23 Å². The third kappa shape index (κ3) is 5.00. The van der Waals surface area contributed by atoms with Crippen molar-refractivity contribution in [2.45, 2.75) is 6.61 Å². The summed E-state index contributed by atoms with van der Waals surface area (Å²) >= 11 is 0.517. The van der Waals surface area contributed by atoms with Gasteiger partial charge in [0.1, 0.15) is 0 Å². The second-order valence-corrected chi connectivity index (χ2v) is 3.13. The molecule has 0 fully saturated rings. The maximum atomic E-state index is 5.12. The Labute approximate surface area is 74.8 Å². The van der Waals surface area contributed by atoms with Crippen LogP contribution in [-0.2, 0) is 10.1 Å². The molecule has 1 aromatic carbocycles. The molecule has 0 radical (unpaired) electrons. The van der Waals surface area contributed by atoms with Crippen molar-refractivity contribution >= 4 is 19.0 Å². The molecule has 0 aliphatic rings. The van der Waals surface area contributed by atoms with Gasteiger partial charge in [-0.05, 0) is 0 Å². The van der Waals surface area contributed by atoms with Gasteiger partial charge in [0.2, 0.25) is 0 Å². The van der Waals surface area contributed by atoms with E-state index in [1.54, 1.807) is 0 Å². The van der Waals surface area contributed by atoms with Crippen molar-refractivity contribution in [1.82, 2.24) is 0 Å². The SMILES string of the molecule is F.F.[GaH2][O]Cc1ccccc1. The minimum atomic E-state index is 0. The number of hydrogen-bond donors (Lipinski definition) is 0. The van der Waals surface area contributed by atoms with Crippen LogP contribution in [0.2, 0.25) is 0 Å². The Morgan fingerprint density at radius 2 is 1.64 bits per heavy atom. The monoisotopic (exact) mass is 218 g/mol. The van der Waals surface area contributed by atoms with E-state index in [9.17, 15) is 0 Å². The van der Waals surface area contributed by atoms with E-state index >= 15 is 0 Å². The standard InChI is InChI=1S/C7H7O.2FH.Ga.2H/c8-6-7-4-2-1-3-5-7;;;;;/h1-5H,6H2;2*1H;;;/q-1;;;+1;;. The summed E-state index contributed by atoms with van der Waals surface area (Å²) in [5, 5.41) is 0. The first kappa shape index (κ1) is 13.3. The zero-order chi connectivity index (χ0) is 6.53. The molecule has 62 valence electrons. The molecule has 1 rings (SSSR count).